The van der Waals surface area contributed by atoms with Crippen molar-refractivity contribution in [1.82, 2.24) is 14.5 Å². The third-order valence-electron chi connectivity index (χ3n) is 5.48. The Morgan fingerprint density at radius 1 is 1.10 bits per heavy atom. The van der Waals surface area contributed by atoms with Gasteiger partial charge in [-0.15, -0.1) is 11.3 Å². The number of hydrogen-bond acceptors (Lipinski definition) is 6. The first-order chi connectivity index (χ1) is 15.0. The summed E-state index contributed by atoms with van der Waals surface area (Å²) in [4.78, 5) is 35.3. The monoisotopic (exact) mass is 440 g/mol. The zero-order valence-electron chi connectivity index (χ0n) is 18.2. The lowest BCUT2D eigenvalue weighted by Gasteiger charge is -2.23. The van der Waals surface area contributed by atoms with E-state index in [4.69, 9.17) is 9.72 Å². The van der Waals surface area contributed by atoms with Crippen LogP contribution in [0, 0.1) is 0 Å². The molecule has 3 aromatic rings. The normalized spacial score (nSPS) is 15.5. The molecule has 164 valence electrons. The second-order valence-electron chi connectivity index (χ2n) is 8.07. The lowest BCUT2D eigenvalue weighted by Crippen LogP contribution is -2.40. The predicted molar refractivity (Wildman–Crippen MR) is 123 cm³/mol. The molecule has 7 nitrogen and oxygen atoms in total. The van der Waals surface area contributed by atoms with Crippen LogP contribution in [0.4, 0.5) is 5.95 Å². The van der Waals surface area contributed by atoms with Crippen molar-refractivity contribution in [3.8, 4) is 5.69 Å². The average molecular weight is 441 g/mol. The molecule has 1 fully saturated rings. The number of amides is 1. The number of fused-ring (bicyclic) bond motifs is 1. The Labute approximate surface area is 186 Å². The van der Waals surface area contributed by atoms with Crippen molar-refractivity contribution in [2.45, 2.75) is 38.7 Å². The van der Waals surface area contributed by atoms with Crippen LogP contribution in [0.3, 0.4) is 0 Å². The van der Waals surface area contributed by atoms with E-state index < -0.39 is 12.1 Å². The van der Waals surface area contributed by atoms with Crippen molar-refractivity contribution in [3.05, 3.63) is 41.3 Å². The molecular weight excluding hydrogens is 412 g/mol. The number of carbonyl (C=O) groups is 2. The maximum Gasteiger partial charge on any atom is 0.349 e. The van der Waals surface area contributed by atoms with Crippen molar-refractivity contribution in [2.75, 3.05) is 32.1 Å². The predicted octanol–water partition coefficient (Wildman–Crippen LogP) is 4.10. The highest BCUT2D eigenvalue weighted by atomic mass is 32.1. The Hall–Kier alpha value is -2.87. The van der Waals surface area contributed by atoms with E-state index in [1.807, 2.05) is 58.8 Å². The summed E-state index contributed by atoms with van der Waals surface area (Å²) in [7, 11) is 3.88. The van der Waals surface area contributed by atoms with Crippen LogP contribution in [0.1, 0.15) is 42.3 Å². The van der Waals surface area contributed by atoms with Crippen LogP contribution in [-0.4, -0.2) is 59.6 Å². The number of ether oxygens (including phenoxy) is 1. The zero-order valence-corrected chi connectivity index (χ0v) is 19.0. The van der Waals surface area contributed by atoms with Crippen molar-refractivity contribution < 1.29 is 14.3 Å². The number of benzene rings is 1. The SMILES string of the molecule is CC(OC(=O)c1cc2nc(N(C)C)n(-c3ccccc3)c2s1)C(=O)N1CCCCCC1. The maximum atomic E-state index is 12.8. The third kappa shape index (κ3) is 4.44. The van der Waals surface area contributed by atoms with Crippen LogP contribution in [0.25, 0.3) is 16.0 Å². The minimum absolute atomic E-state index is 0.113. The van der Waals surface area contributed by atoms with Crippen LogP contribution in [0.15, 0.2) is 36.4 Å². The lowest BCUT2D eigenvalue weighted by atomic mass is 10.2. The first kappa shape index (κ1) is 21.4. The summed E-state index contributed by atoms with van der Waals surface area (Å²) >= 11 is 1.33. The molecule has 0 radical (unpaired) electrons. The fourth-order valence-corrected chi connectivity index (χ4v) is 4.89. The van der Waals surface area contributed by atoms with Crippen molar-refractivity contribution in [3.63, 3.8) is 0 Å². The minimum atomic E-state index is -0.798. The molecule has 0 spiro atoms. The standard InChI is InChI=1S/C23H28N4O3S/c1-16(20(28)26-13-9-4-5-10-14-26)30-22(29)19-15-18-21(31-19)27(23(24-18)25(2)3)17-11-7-6-8-12-17/h6-8,11-12,15-16H,4-5,9-10,13-14H2,1-3H3. The molecule has 3 heterocycles. The lowest BCUT2D eigenvalue weighted by molar-refractivity contribution is -0.139. The van der Waals surface area contributed by atoms with Gasteiger partial charge in [-0.1, -0.05) is 31.0 Å². The molecule has 1 atom stereocenters. The molecule has 1 aliphatic heterocycles. The summed E-state index contributed by atoms with van der Waals surface area (Å²) < 4.78 is 7.58. The Kier molecular flexibility index (Phi) is 6.27. The van der Waals surface area contributed by atoms with Gasteiger partial charge in [0.2, 0.25) is 5.95 Å². The molecule has 8 heteroatoms. The van der Waals surface area contributed by atoms with E-state index in [1.165, 1.54) is 11.3 Å². The molecule has 0 saturated carbocycles. The quantitative estimate of drug-likeness (QED) is 0.559. The minimum Gasteiger partial charge on any atom is -0.448 e. The van der Waals surface area contributed by atoms with E-state index in [-0.39, 0.29) is 5.91 Å². The van der Waals surface area contributed by atoms with Crippen molar-refractivity contribution in [1.29, 1.82) is 0 Å². The second-order valence-corrected chi connectivity index (χ2v) is 9.10. The summed E-state index contributed by atoms with van der Waals surface area (Å²) in [6, 6.07) is 11.7. The summed E-state index contributed by atoms with van der Waals surface area (Å²) in [6.07, 6.45) is 3.50. The second kappa shape index (κ2) is 9.09. The fraction of sp³-hybridized carbons (Fsp3) is 0.435. The highest BCUT2D eigenvalue weighted by Crippen LogP contribution is 2.33. The van der Waals surface area contributed by atoms with Gasteiger partial charge in [0.25, 0.3) is 5.91 Å². The number of carbonyl (C=O) groups excluding carboxylic acids is 2. The van der Waals surface area contributed by atoms with E-state index >= 15 is 0 Å². The van der Waals surface area contributed by atoms with Crippen molar-refractivity contribution in [2.24, 2.45) is 0 Å². The molecule has 31 heavy (non-hydrogen) atoms. The maximum absolute atomic E-state index is 12.8. The summed E-state index contributed by atoms with van der Waals surface area (Å²) in [5.74, 6) is 0.194. The number of thiophene rings is 1. The number of para-hydroxylation sites is 1. The smallest absolute Gasteiger partial charge is 0.349 e. The summed E-state index contributed by atoms with van der Waals surface area (Å²) in [5.41, 5.74) is 1.70. The van der Waals surface area contributed by atoms with Gasteiger partial charge in [-0.05, 0) is 38.0 Å². The summed E-state index contributed by atoms with van der Waals surface area (Å²) in [6.45, 7) is 3.13. The largest absolute Gasteiger partial charge is 0.448 e. The van der Waals surface area contributed by atoms with Gasteiger partial charge in [-0.3, -0.25) is 9.36 Å². The van der Waals surface area contributed by atoms with E-state index in [0.29, 0.717) is 4.88 Å². The Morgan fingerprint density at radius 2 is 1.77 bits per heavy atom. The number of likely N-dealkylation sites (tertiary alicyclic amines) is 1. The number of imidazole rings is 1. The Balaban J connectivity index is 1.56. The van der Waals surface area contributed by atoms with E-state index in [9.17, 15) is 9.59 Å². The first-order valence-corrected chi connectivity index (χ1v) is 11.5. The van der Waals surface area contributed by atoms with Crippen LogP contribution in [-0.2, 0) is 9.53 Å². The van der Waals surface area contributed by atoms with Gasteiger partial charge in [0.05, 0.1) is 0 Å². The molecule has 1 unspecified atom stereocenters. The number of esters is 1. The van der Waals surface area contributed by atoms with Gasteiger partial charge in [-0.25, -0.2) is 9.78 Å². The van der Waals surface area contributed by atoms with Crippen LogP contribution >= 0.6 is 11.3 Å². The number of anilines is 1. The van der Waals surface area contributed by atoms with Crippen LogP contribution < -0.4 is 4.90 Å². The van der Waals surface area contributed by atoms with E-state index in [1.54, 1.807) is 13.0 Å². The summed E-state index contributed by atoms with van der Waals surface area (Å²) in [5, 5.41) is 0. The van der Waals surface area contributed by atoms with E-state index in [2.05, 4.69) is 0 Å². The molecular formula is C23H28N4O3S. The molecule has 1 aromatic carbocycles. The molecule has 0 bridgehead atoms. The van der Waals surface area contributed by atoms with Crippen molar-refractivity contribution >= 4 is 39.5 Å². The number of rotatable bonds is 5. The van der Waals surface area contributed by atoms with Crippen LogP contribution in [0.5, 0.6) is 0 Å². The average Bonchev–Trinajstić information content (AvgIpc) is 3.21. The molecule has 0 N–H and O–H groups in total. The van der Waals surface area contributed by atoms with Gasteiger partial charge in [0.1, 0.15) is 15.2 Å². The molecule has 4 rings (SSSR count). The van der Waals surface area contributed by atoms with Gasteiger partial charge < -0.3 is 14.5 Å². The van der Waals surface area contributed by atoms with Gasteiger partial charge >= 0.3 is 5.97 Å². The highest BCUT2D eigenvalue weighted by molar-refractivity contribution is 7.20. The zero-order chi connectivity index (χ0) is 22.0. The number of nitrogens with zero attached hydrogens (tertiary/aromatic N) is 4. The topological polar surface area (TPSA) is 67.7 Å². The Bertz CT molecular complexity index is 1070. The first-order valence-electron chi connectivity index (χ1n) is 10.7. The molecule has 1 amide bonds. The molecule has 1 aliphatic rings. The van der Waals surface area contributed by atoms with Gasteiger partial charge in [0, 0.05) is 32.9 Å². The van der Waals surface area contributed by atoms with Gasteiger partial charge in [0.15, 0.2) is 6.10 Å². The molecule has 2 aromatic heterocycles. The molecule has 1 saturated heterocycles. The highest BCUT2D eigenvalue weighted by Gasteiger charge is 2.27. The van der Waals surface area contributed by atoms with Crippen LogP contribution in [0.2, 0.25) is 0 Å². The third-order valence-corrected chi connectivity index (χ3v) is 6.57. The Morgan fingerprint density at radius 3 is 2.42 bits per heavy atom. The number of aromatic nitrogens is 2. The van der Waals surface area contributed by atoms with Gasteiger partial charge in [-0.2, -0.15) is 0 Å². The molecule has 0 aliphatic carbocycles. The van der Waals surface area contributed by atoms with E-state index in [0.717, 1.165) is 60.8 Å². The fourth-order valence-electron chi connectivity index (χ4n) is 3.89. The number of hydrogen-bond donors (Lipinski definition) is 0.